The first kappa shape index (κ1) is 19.2. The molecule has 164 valence electrons. The van der Waals surface area contributed by atoms with Gasteiger partial charge in [0, 0.05) is 12.7 Å². The van der Waals surface area contributed by atoms with E-state index in [4.69, 9.17) is 10.8 Å². The minimum absolute atomic E-state index is 0.140. The molecule has 1 aliphatic rings. The zero-order valence-electron chi connectivity index (χ0n) is 17.4. The minimum Gasteiger partial charge on any atom is -0.366 e. The Morgan fingerprint density at radius 1 is 1.12 bits per heavy atom. The molecule has 33 heavy (non-hydrogen) atoms. The van der Waals surface area contributed by atoms with Crippen LogP contribution in [0.25, 0.3) is 22.4 Å². The van der Waals surface area contributed by atoms with E-state index in [0.717, 1.165) is 19.4 Å². The normalized spacial score (nSPS) is 16.1. The second kappa shape index (κ2) is 7.26. The Bertz CT molecular complexity index is 1570. The van der Waals surface area contributed by atoms with Crippen molar-refractivity contribution in [3.8, 4) is 5.69 Å². The fraction of sp³-hybridized carbons (Fsp3) is 0.182. The fourth-order valence-electron chi connectivity index (χ4n) is 4.58. The fourth-order valence-corrected chi connectivity index (χ4v) is 4.58. The first-order valence-corrected chi connectivity index (χ1v) is 10.5. The van der Waals surface area contributed by atoms with Crippen LogP contribution in [0.1, 0.15) is 35.1 Å². The highest BCUT2D eigenvalue weighted by Crippen LogP contribution is 2.36. The number of nitrogens with one attached hydrogen (secondary N) is 1. The van der Waals surface area contributed by atoms with Gasteiger partial charge in [0.1, 0.15) is 17.4 Å². The molecule has 4 aromatic heterocycles. The largest absolute Gasteiger partial charge is 0.366 e. The van der Waals surface area contributed by atoms with E-state index in [0.29, 0.717) is 28.5 Å². The Hall–Kier alpha value is -4.54. The lowest BCUT2D eigenvalue weighted by Gasteiger charge is -2.27. The molecule has 5 heterocycles. The third-order valence-corrected chi connectivity index (χ3v) is 6.01. The minimum atomic E-state index is -0.673. The van der Waals surface area contributed by atoms with Gasteiger partial charge in [-0.3, -0.25) is 14.2 Å². The number of imidazole rings is 1. The van der Waals surface area contributed by atoms with Crippen LogP contribution in [0.3, 0.4) is 0 Å². The summed E-state index contributed by atoms with van der Waals surface area (Å²) in [7, 11) is 0. The molecule has 0 saturated carbocycles. The number of H-pyrrole nitrogens is 1. The number of nitrogens with two attached hydrogens (primary N) is 1. The quantitative estimate of drug-likeness (QED) is 0.431. The van der Waals surface area contributed by atoms with E-state index in [-0.39, 0.29) is 22.7 Å². The lowest BCUT2D eigenvalue weighted by atomic mass is 10.2. The van der Waals surface area contributed by atoms with E-state index in [1.165, 1.54) is 16.9 Å². The predicted molar refractivity (Wildman–Crippen MR) is 120 cm³/mol. The van der Waals surface area contributed by atoms with Crippen molar-refractivity contribution in [1.82, 2.24) is 34.1 Å². The third kappa shape index (κ3) is 2.89. The monoisotopic (exact) mass is 441 g/mol. The predicted octanol–water partition coefficient (Wildman–Crippen LogP) is 1.59. The van der Waals surface area contributed by atoms with E-state index in [9.17, 15) is 9.59 Å². The van der Waals surface area contributed by atoms with Crippen molar-refractivity contribution in [2.24, 2.45) is 5.73 Å². The topological polar surface area (TPSA) is 140 Å². The van der Waals surface area contributed by atoms with Crippen molar-refractivity contribution in [3.63, 3.8) is 0 Å². The molecule has 1 fully saturated rings. The number of rotatable bonds is 4. The molecular weight excluding hydrogens is 422 g/mol. The number of anilines is 1. The standard InChI is InChI=1S/C22H19N9O2/c23-18(32)14-8-10-30-17(14)22(33)31(13-5-2-1-3-6-13)20(28-30)15-7-4-9-29(15)21-16-19(25-11-24-16)26-12-27-21/h1-3,5-6,8,10-12,15H,4,7,9H2,(H2,23,32)(H,24,25,26,27)/t15-/m0/s1. The molecule has 0 aliphatic carbocycles. The molecule has 3 N–H and O–H groups in total. The van der Waals surface area contributed by atoms with Crippen molar-refractivity contribution in [2.45, 2.75) is 18.9 Å². The number of hydrogen-bond donors (Lipinski definition) is 2. The van der Waals surface area contributed by atoms with Crippen LogP contribution in [0.5, 0.6) is 0 Å². The summed E-state index contributed by atoms with van der Waals surface area (Å²) < 4.78 is 3.01. The molecule has 6 rings (SSSR count). The molecule has 5 aromatic rings. The summed E-state index contributed by atoms with van der Waals surface area (Å²) in [5.74, 6) is 0.557. The van der Waals surface area contributed by atoms with E-state index >= 15 is 0 Å². The lowest BCUT2D eigenvalue weighted by Crippen LogP contribution is -2.34. The first-order valence-electron chi connectivity index (χ1n) is 10.5. The number of carbonyl (C=O) groups is 1. The average Bonchev–Trinajstić information content (AvgIpc) is 3.58. The highest BCUT2D eigenvalue weighted by atomic mass is 16.1. The Kier molecular flexibility index (Phi) is 4.22. The molecular formula is C22H19N9O2. The molecule has 1 atom stereocenters. The SMILES string of the molecule is NC(=O)c1ccn2nc([C@@H]3CCCN3c3ncnc4[nH]cnc34)n(-c3ccccc3)c(=O)c12. The zero-order chi connectivity index (χ0) is 22.5. The maximum atomic E-state index is 13.7. The number of primary amides is 1. The van der Waals surface area contributed by atoms with Crippen LogP contribution in [0, 0.1) is 0 Å². The number of carbonyl (C=O) groups excluding carboxylic acids is 1. The third-order valence-electron chi connectivity index (χ3n) is 6.01. The molecule has 1 aliphatic heterocycles. The van der Waals surface area contributed by atoms with Gasteiger partial charge in [-0.1, -0.05) is 18.2 Å². The summed E-state index contributed by atoms with van der Waals surface area (Å²) in [6.45, 7) is 0.727. The van der Waals surface area contributed by atoms with Gasteiger partial charge in [-0.25, -0.2) is 19.5 Å². The molecule has 11 heteroatoms. The Morgan fingerprint density at radius 2 is 1.97 bits per heavy atom. The van der Waals surface area contributed by atoms with E-state index in [1.54, 1.807) is 17.1 Å². The highest BCUT2D eigenvalue weighted by molar-refractivity contribution is 5.99. The molecule has 0 unspecified atom stereocenters. The molecule has 0 spiro atoms. The van der Waals surface area contributed by atoms with Crippen molar-refractivity contribution in [2.75, 3.05) is 11.4 Å². The van der Waals surface area contributed by atoms with Crippen LogP contribution >= 0.6 is 0 Å². The number of hydrogen-bond acceptors (Lipinski definition) is 7. The average molecular weight is 441 g/mol. The van der Waals surface area contributed by atoms with Gasteiger partial charge in [-0.05, 0) is 31.0 Å². The summed E-state index contributed by atoms with van der Waals surface area (Å²) in [5.41, 5.74) is 7.42. The molecule has 1 saturated heterocycles. The van der Waals surface area contributed by atoms with Gasteiger partial charge >= 0.3 is 0 Å². The summed E-state index contributed by atoms with van der Waals surface area (Å²) >= 11 is 0. The number of aromatic amines is 1. The van der Waals surface area contributed by atoms with Crippen LogP contribution in [-0.4, -0.2) is 46.6 Å². The second-order valence-corrected chi connectivity index (χ2v) is 7.87. The van der Waals surface area contributed by atoms with Crippen LogP contribution < -0.4 is 16.2 Å². The first-order chi connectivity index (χ1) is 16.1. The summed E-state index contributed by atoms with van der Waals surface area (Å²) in [4.78, 5) is 43.9. The summed E-state index contributed by atoms with van der Waals surface area (Å²) in [6, 6.07) is 10.5. The number of aromatic nitrogens is 7. The number of nitrogens with zero attached hydrogens (tertiary/aromatic N) is 7. The molecule has 0 radical (unpaired) electrons. The van der Waals surface area contributed by atoms with Crippen molar-refractivity contribution < 1.29 is 4.79 Å². The lowest BCUT2D eigenvalue weighted by molar-refractivity contribution is 0.100. The van der Waals surface area contributed by atoms with Gasteiger partial charge in [0.15, 0.2) is 17.3 Å². The summed E-state index contributed by atoms with van der Waals surface area (Å²) in [6.07, 6.45) is 6.33. The van der Waals surface area contributed by atoms with E-state index in [1.807, 2.05) is 30.3 Å². The summed E-state index contributed by atoms with van der Waals surface area (Å²) in [5, 5.41) is 4.80. The van der Waals surface area contributed by atoms with Gasteiger partial charge in [0.25, 0.3) is 11.5 Å². The van der Waals surface area contributed by atoms with Gasteiger partial charge < -0.3 is 15.6 Å². The Morgan fingerprint density at radius 3 is 2.79 bits per heavy atom. The number of amides is 1. The molecule has 1 amide bonds. The van der Waals surface area contributed by atoms with E-state index in [2.05, 4.69) is 24.8 Å². The van der Waals surface area contributed by atoms with Crippen LogP contribution in [0.15, 0.2) is 60.0 Å². The van der Waals surface area contributed by atoms with Crippen LogP contribution in [-0.2, 0) is 0 Å². The van der Waals surface area contributed by atoms with Crippen molar-refractivity contribution >= 4 is 28.4 Å². The van der Waals surface area contributed by atoms with E-state index < -0.39 is 5.91 Å². The van der Waals surface area contributed by atoms with Crippen LogP contribution in [0.4, 0.5) is 5.82 Å². The van der Waals surface area contributed by atoms with Gasteiger partial charge in [0.05, 0.1) is 23.6 Å². The maximum absolute atomic E-state index is 13.7. The van der Waals surface area contributed by atoms with Crippen molar-refractivity contribution in [3.05, 3.63) is 77.0 Å². The Labute approximate surface area is 186 Å². The van der Waals surface area contributed by atoms with Gasteiger partial charge in [-0.15, -0.1) is 0 Å². The van der Waals surface area contributed by atoms with Crippen molar-refractivity contribution in [1.29, 1.82) is 0 Å². The number of para-hydroxylation sites is 1. The van der Waals surface area contributed by atoms with Gasteiger partial charge in [-0.2, -0.15) is 5.10 Å². The van der Waals surface area contributed by atoms with Gasteiger partial charge in [0.2, 0.25) is 0 Å². The second-order valence-electron chi connectivity index (χ2n) is 7.87. The maximum Gasteiger partial charge on any atom is 0.283 e. The molecule has 1 aromatic carbocycles. The van der Waals surface area contributed by atoms with Crippen LogP contribution in [0.2, 0.25) is 0 Å². The highest BCUT2D eigenvalue weighted by Gasteiger charge is 2.34. The zero-order valence-corrected chi connectivity index (χ0v) is 17.4. The smallest absolute Gasteiger partial charge is 0.283 e. The molecule has 11 nitrogen and oxygen atoms in total. The number of fused-ring (bicyclic) bond motifs is 2. The number of benzene rings is 1. The Balaban J connectivity index is 1.61. The molecule has 0 bridgehead atoms.